The smallest absolute Gasteiger partial charge is 0.211 e. The zero-order valence-electron chi connectivity index (χ0n) is 17.6. The molecule has 0 bridgehead atoms. The molecule has 0 unspecified atom stereocenters. The highest BCUT2D eigenvalue weighted by Gasteiger charge is 2.28. The number of benzene rings is 1. The third-order valence-electron chi connectivity index (χ3n) is 6.88. The van der Waals surface area contributed by atoms with Crippen molar-refractivity contribution in [2.24, 2.45) is 5.92 Å². The zero-order valence-corrected chi connectivity index (χ0v) is 19.2. The predicted molar refractivity (Wildman–Crippen MR) is 123 cm³/mol. The van der Waals surface area contributed by atoms with Crippen LogP contribution in [0, 0.1) is 5.92 Å². The molecule has 1 saturated carbocycles. The Balaban J connectivity index is 1.22. The summed E-state index contributed by atoms with van der Waals surface area (Å²) in [7, 11) is -1.33. The van der Waals surface area contributed by atoms with E-state index in [0.717, 1.165) is 57.8 Å². The van der Waals surface area contributed by atoms with Crippen LogP contribution in [0.25, 0.3) is 10.1 Å². The second-order valence-electron chi connectivity index (χ2n) is 8.69. The SMILES string of the molecule is CN(C1CCC(CCN2CCN(c3cccc4ccsc34)CC2)CC1)S(C)(=O)=O. The van der Waals surface area contributed by atoms with Crippen molar-refractivity contribution in [3.8, 4) is 0 Å². The van der Waals surface area contributed by atoms with Crippen molar-refractivity contribution in [3.05, 3.63) is 29.6 Å². The van der Waals surface area contributed by atoms with Crippen LogP contribution in [-0.4, -0.2) is 69.7 Å². The summed E-state index contributed by atoms with van der Waals surface area (Å²) in [5, 5.41) is 3.54. The molecule has 0 atom stereocenters. The molecular weight excluding hydrogens is 402 g/mol. The van der Waals surface area contributed by atoms with Crippen LogP contribution in [0.15, 0.2) is 29.6 Å². The van der Waals surface area contributed by atoms with Crippen LogP contribution in [0.2, 0.25) is 0 Å². The van der Waals surface area contributed by atoms with Crippen LogP contribution in [0.1, 0.15) is 32.1 Å². The van der Waals surface area contributed by atoms with Gasteiger partial charge in [0, 0.05) is 39.3 Å². The van der Waals surface area contributed by atoms with Crippen LogP contribution in [0.5, 0.6) is 0 Å². The third kappa shape index (κ3) is 4.95. The van der Waals surface area contributed by atoms with E-state index in [0.29, 0.717) is 0 Å². The number of piperazine rings is 1. The Morgan fingerprint density at radius 2 is 1.79 bits per heavy atom. The lowest BCUT2D eigenvalue weighted by Crippen LogP contribution is -2.47. The highest BCUT2D eigenvalue weighted by Crippen LogP contribution is 2.33. The van der Waals surface area contributed by atoms with Crippen molar-refractivity contribution in [2.45, 2.75) is 38.1 Å². The van der Waals surface area contributed by atoms with Crippen LogP contribution in [-0.2, 0) is 10.0 Å². The first-order valence-electron chi connectivity index (χ1n) is 10.8. The maximum Gasteiger partial charge on any atom is 0.211 e. The number of thiophene rings is 1. The highest BCUT2D eigenvalue weighted by atomic mass is 32.2. The third-order valence-corrected chi connectivity index (χ3v) is 9.18. The number of rotatable bonds is 6. The van der Waals surface area contributed by atoms with Crippen molar-refractivity contribution in [1.82, 2.24) is 9.21 Å². The molecule has 160 valence electrons. The first-order chi connectivity index (χ1) is 13.9. The number of anilines is 1. The van der Waals surface area contributed by atoms with Gasteiger partial charge in [0.05, 0.1) is 16.6 Å². The summed E-state index contributed by atoms with van der Waals surface area (Å²) in [6.45, 7) is 5.64. The van der Waals surface area contributed by atoms with Gasteiger partial charge in [-0.1, -0.05) is 12.1 Å². The predicted octanol–water partition coefficient (Wildman–Crippen LogP) is 3.86. The van der Waals surface area contributed by atoms with Crippen molar-refractivity contribution in [3.63, 3.8) is 0 Å². The lowest BCUT2D eigenvalue weighted by Gasteiger charge is -2.38. The molecule has 5 nitrogen and oxygen atoms in total. The van der Waals surface area contributed by atoms with E-state index < -0.39 is 10.0 Å². The molecule has 0 spiro atoms. The topological polar surface area (TPSA) is 43.9 Å². The fourth-order valence-electron chi connectivity index (χ4n) is 4.87. The van der Waals surface area contributed by atoms with Gasteiger partial charge in [0.25, 0.3) is 0 Å². The van der Waals surface area contributed by atoms with E-state index in [1.165, 1.54) is 35.0 Å². The van der Waals surface area contributed by atoms with Crippen LogP contribution < -0.4 is 4.90 Å². The highest BCUT2D eigenvalue weighted by molar-refractivity contribution is 7.88. The molecule has 2 heterocycles. The van der Waals surface area contributed by atoms with Gasteiger partial charge in [0.2, 0.25) is 10.0 Å². The zero-order chi connectivity index (χ0) is 20.4. The van der Waals surface area contributed by atoms with Gasteiger partial charge in [0.1, 0.15) is 0 Å². The van der Waals surface area contributed by atoms with Gasteiger partial charge in [-0.05, 0) is 67.5 Å². The van der Waals surface area contributed by atoms with E-state index in [9.17, 15) is 8.42 Å². The van der Waals surface area contributed by atoms with Gasteiger partial charge >= 0.3 is 0 Å². The fraction of sp³-hybridized carbons (Fsp3) is 0.636. The number of hydrogen-bond donors (Lipinski definition) is 0. The van der Waals surface area contributed by atoms with Crippen LogP contribution >= 0.6 is 11.3 Å². The molecular formula is C22H33N3O2S2. The minimum Gasteiger partial charge on any atom is -0.368 e. The van der Waals surface area contributed by atoms with Gasteiger partial charge in [-0.2, -0.15) is 0 Å². The fourth-order valence-corrected chi connectivity index (χ4v) is 6.56. The van der Waals surface area contributed by atoms with E-state index in [4.69, 9.17) is 0 Å². The van der Waals surface area contributed by atoms with Crippen LogP contribution in [0.4, 0.5) is 5.69 Å². The molecule has 0 N–H and O–H groups in total. The summed E-state index contributed by atoms with van der Waals surface area (Å²) in [6.07, 6.45) is 6.89. The molecule has 0 radical (unpaired) electrons. The average molecular weight is 436 g/mol. The molecule has 29 heavy (non-hydrogen) atoms. The van der Waals surface area contributed by atoms with E-state index in [1.807, 2.05) is 11.3 Å². The Labute approximate surface area is 179 Å². The summed E-state index contributed by atoms with van der Waals surface area (Å²) in [6, 6.07) is 9.05. The molecule has 1 aliphatic carbocycles. The van der Waals surface area contributed by atoms with E-state index in [2.05, 4.69) is 39.4 Å². The van der Waals surface area contributed by atoms with Crippen molar-refractivity contribution in [2.75, 3.05) is 50.9 Å². The normalized spacial score (nSPS) is 24.4. The molecule has 2 fully saturated rings. The van der Waals surface area contributed by atoms with Crippen molar-refractivity contribution in [1.29, 1.82) is 0 Å². The molecule has 1 aromatic heterocycles. The Bertz CT molecular complexity index is 911. The Kier molecular flexibility index (Phi) is 6.49. The van der Waals surface area contributed by atoms with E-state index in [-0.39, 0.29) is 6.04 Å². The average Bonchev–Trinajstić information content (AvgIpc) is 3.21. The standard InChI is InChI=1S/C22H33N3O2S2/c1-23(29(2,26)27)20-8-6-18(7-9-20)10-12-24-13-15-25(16-14-24)21-5-3-4-19-11-17-28-22(19)21/h3-5,11,17-18,20H,6-10,12-16H2,1-2H3. The minimum atomic E-state index is -3.07. The first-order valence-corrected chi connectivity index (χ1v) is 13.5. The Morgan fingerprint density at radius 3 is 2.48 bits per heavy atom. The summed E-state index contributed by atoms with van der Waals surface area (Å²) in [5.74, 6) is 0.747. The molecule has 7 heteroatoms. The summed E-state index contributed by atoms with van der Waals surface area (Å²) < 4.78 is 26.5. The first kappa shape index (κ1) is 21.1. The monoisotopic (exact) mass is 435 g/mol. The van der Waals surface area contributed by atoms with Gasteiger partial charge in [-0.3, -0.25) is 4.90 Å². The number of sulfonamides is 1. The molecule has 1 saturated heterocycles. The Hall–Kier alpha value is -1.15. The van der Waals surface area contributed by atoms with Gasteiger partial charge in [-0.25, -0.2) is 12.7 Å². The summed E-state index contributed by atoms with van der Waals surface area (Å²) in [4.78, 5) is 5.15. The van der Waals surface area contributed by atoms with E-state index >= 15 is 0 Å². The Morgan fingerprint density at radius 1 is 1.07 bits per heavy atom. The summed E-state index contributed by atoms with van der Waals surface area (Å²) >= 11 is 1.84. The largest absolute Gasteiger partial charge is 0.368 e. The minimum absolute atomic E-state index is 0.199. The molecule has 1 aliphatic heterocycles. The van der Waals surface area contributed by atoms with Gasteiger partial charge < -0.3 is 4.90 Å². The molecule has 1 aromatic carbocycles. The molecule has 0 amide bonds. The quantitative estimate of drug-likeness (QED) is 0.691. The molecule has 4 rings (SSSR count). The van der Waals surface area contributed by atoms with Crippen molar-refractivity contribution >= 4 is 37.1 Å². The second-order valence-corrected chi connectivity index (χ2v) is 11.6. The lowest BCUT2D eigenvalue weighted by atomic mass is 9.84. The second kappa shape index (κ2) is 8.92. The van der Waals surface area contributed by atoms with Gasteiger partial charge in [-0.15, -0.1) is 11.3 Å². The van der Waals surface area contributed by atoms with Gasteiger partial charge in [0.15, 0.2) is 0 Å². The number of fused-ring (bicyclic) bond motifs is 1. The lowest BCUT2D eigenvalue weighted by molar-refractivity contribution is 0.194. The molecule has 2 aliphatic rings. The van der Waals surface area contributed by atoms with E-state index in [1.54, 1.807) is 11.4 Å². The number of nitrogens with zero attached hydrogens (tertiary/aromatic N) is 3. The van der Waals surface area contributed by atoms with Crippen molar-refractivity contribution < 1.29 is 8.42 Å². The molecule has 2 aromatic rings. The van der Waals surface area contributed by atoms with Crippen LogP contribution in [0.3, 0.4) is 0 Å². The summed E-state index contributed by atoms with van der Waals surface area (Å²) in [5.41, 5.74) is 1.39. The maximum absolute atomic E-state index is 11.7. The maximum atomic E-state index is 11.7. The number of hydrogen-bond acceptors (Lipinski definition) is 5.